The molecule has 0 aliphatic heterocycles. The molecule has 0 spiro atoms. The second-order valence-electron chi connectivity index (χ2n) is 7.96. The third-order valence-electron chi connectivity index (χ3n) is 6.31. The Labute approximate surface area is 185 Å². The van der Waals surface area contributed by atoms with Crippen molar-refractivity contribution in [1.29, 1.82) is 0 Å². The standard InChI is InChI=1S/C16H14P.C9H11.2FH.Zr/c1-12-6-2-5-9-16(12)17-15-10-13-7-3-4-8-14(13)11-15;1-2-5-9-7-3-6-8(9)4-1;;;/h2-11,17H,1H3;1-2,4-6,8-9H,3,7H2;2*1H;/q;;;;+2/p-2. The SMILES string of the molecule is Cc1ccccc1PC1=Cc2ccccc2[CH]1[Zr+2][CH]1CCC2C=CC=CC21.[F-].[F-]. The maximum atomic E-state index is 2.54. The Hall–Kier alpha value is -1.17. The molecule has 0 aromatic heterocycles. The molecular weight excluding hydrogens is 460 g/mol. The van der Waals surface area contributed by atoms with Gasteiger partial charge >= 0.3 is 177 Å². The Morgan fingerprint density at radius 3 is 2.52 bits per heavy atom. The summed E-state index contributed by atoms with van der Waals surface area (Å²) in [5, 5.41) is 3.25. The molecule has 0 radical (unpaired) electrons. The van der Waals surface area contributed by atoms with Gasteiger partial charge in [0.2, 0.25) is 0 Å². The minimum Gasteiger partial charge on any atom is -1.00 e. The molecule has 0 heterocycles. The van der Waals surface area contributed by atoms with E-state index < -0.39 is 23.2 Å². The maximum Gasteiger partial charge on any atom is -1.00 e. The van der Waals surface area contributed by atoms with Crippen LogP contribution in [0.1, 0.15) is 33.2 Å². The van der Waals surface area contributed by atoms with E-state index in [4.69, 9.17) is 0 Å². The fourth-order valence-electron chi connectivity index (χ4n) is 4.84. The molecule has 0 N–H and O–H groups in total. The first-order chi connectivity index (χ1) is 13.3. The van der Waals surface area contributed by atoms with E-state index in [1.54, 1.807) is 10.9 Å². The minimum absolute atomic E-state index is 0. The minimum atomic E-state index is -0.577. The van der Waals surface area contributed by atoms with Crippen molar-refractivity contribution in [3.63, 3.8) is 0 Å². The van der Waals surface area contributed by atoms with Gasteiger partial charge in [0, 0.05) is 0 Å². The molecule has 1 fully saturated rings. The van der Waals surface area contributed by atoms with Crippen LogP contribution >= 0.6 is 8.58 Å². The monoisotopic (exact) mass is 484 g/mol. The fourth-order valence-corrected chi connectivity index (χ4v) is 12.2. The second kappa shape index (κ2) is 9.76. The van der Waals surface area contributed by atoms with Gasteiger partial charge in [0.15, 0.2) is 0 Å². The number of halogens is 2. The predicted molar refractivity (Wildman–Crippen MR) is 115 cm³/mol. The van der Waals surface area contributed by atoms with Crippen LogP contribution in [0.2, 0.25) is 3.63 Å². The van der Waals surface area contributed by atoms with E-state index in [9.17, 15) is 0 Å². The third-order valence-corrected chi connectivity index (χ3v) is 13.6. The number of rotatable bonds is 4. The van der Waals surface area contributed by atoms with Gasteiger partial charge in [-0.25, -0.2) is 0 Å². The zero-order valence-electron chi connectivity index (χ0n) is 16.5. The molecule has 2 aromatic carbocycles. The first kappa shape index (κ1) is 22.5. The van der Waals surface area contributed by atoms with Gasteiger partial charge in [0.05, 0.1) is 0 Å². The van der Waals surface area contributed by atoms with Crippen molar-refractivity contribution in [2.45, 2.75) is 27.0 Å². The Morgan fingerprint density at radius 2 is 1.66 bits per heavy atom. The fraction of sp³-hybridized carbons (Fsp3) is 0.280. The maximum absolute atomic E-state index is 2.54. The van der Waals surface area contributed by atoms with E-state index in [2.05, 4.69) is 85.8 Å². The molecule has 5 rings (SSSR count). The van der Waals surface area contributed by atoms with Crippen molar-refractivity contribution >= 4 is 20.0 Å². The zero-order chi connectivity index (χ0) is 18.2. The summed E-state index contributed by atoms with van der Waals surface area (Å²) in [4.78, 5) is 0. The van der Waals surface area contributed by atoms with Crippen LogP contribution in [0.25, 0.3) is 6.08 Å². The summed E-state index contributed by atoms with van der Waals surface area (Å²) in [5.74, 6) is 1.65. The number of hydrogen-bond donors (Lipinski definition) is 0. The van der Waals surface area contributed by atoms with Crippen molar-refractivity contribution in [3.05, 3.63) is 94.8 Å². The Morgan fingerprint density at radius 1 is 0.897 bits per heavy atom. The number of fused-ring (bicyclic) bond motifs is 2. The molecule has 0 bridgehead atoms. The van der Waals surface area contributed by atoms with Crippen molar-refractivity contribution in [2.75, 3.05) is 0 Å². The quantitative estimate of drug-likeness (QED) is 0.551. The number of allylic oxidation sites excluding steroid dienone is 5. The van der Waals surface area contributed by atoms with Crippen LogP contribution in [-0.2, 0) is 23.2 Å². The van der Waals surface area contributed by atoms with E-state index in [0.29, 0.717) is 0 Å². The van der Waals surface area contributed by atoms with Crippen LogP contribution in [-0.4, -0.2) is 0 Å². The summed E-state index contributed by atoms with van der Waals surface area (Å²) in [6.45, 7) is 2.26. The van der Waals surface area contributed by atoms with Gasteiger partial charge in [0.25, 0.3) is 0 Å². The van der Waals surface area contributed by atoms with Gasteiger partial charge in [-0.1, -0.05) is 0 Å². The number of aryl methyl sites for hydroxylation is 1. The number of hydrogen-bond acceptors (Lipinski definition) is 0. The Balaban J connectivity index is 0.00000120. The summed E-state index contributed by atoms with van der Waals surface area (Å²) in [6, 6.07) is 18.2. The van der Waals surface area contributed by atoms with E-state index in [1.165, 1.54) is 29.3 Å². The largest absolute Gasteiger partial charge is 1.00 e. The van der Waals surface area contributed by atoms with Gasteiger partial charge in [-0.15, -0.1) is 0 Å². The topological polar surface area (TPSA) is 0 Å². The summed E-state index contributed by atoms with van der Waals surface area (Å²) in [5.41, 5.74) is 4.57. The molecule has 29 heavy (non-hydrogen) atoms. The van der Waals surface area contributed by atoms with E-state index >= 15 is 0 Å². The van der Waals surface area contributed by atoms with Crippen LogP contribution < -0.4 is 14.7 Å². The van der Waals surface area contributed by atoms with Crippen LogP contribution in [0.4, 0.5) is 0 Å². The predicted octanol–water partition coefficient (Wildman–Crippen LogP) is 0.426. The molecule has 3 aliphatic rings. The number of benzene rings is 2. The second-order valence-corrected chi connectivity index (χ2v) is 13.4. The molecule has 0 nitrogen and oxygen atoms in total. The van der Waals surface area contributed by atoms with Crippen LogP contribution in [0, 0.1) is 18.8 Å². The smallest absolute Gasteiger partial charge is 1.00 e. The van der Waals surface area contributed by atoms with Gasteiger partial charge in [0.1, 0.15) is 0 Å². The normalized spacial score (nSPS) is 26.3. The molecule has 5 atom stereocenters. The summed E-state index contributed by atoms with van der Waals surface area (Å²) in [6.07, 6.45) is 15.0. The first-order valence-corrected chi connectivity index (χ1v) is 13.9. The molecular formula is C25H25F2PZr. The van der Waals surface area contributed by atoms with Gasteiger partial charge in [-0.2, -0.15) is 0 Å². The average Bonchev–Trinajstić information content (AvgIpc) is 3.26. The Bertz CT molecular complexity index is 949. The first-order valence-electron chi connectivity index (χ1n) is 10.0. The summed E-state index contributed by atoms with van der Waals surface area (Å²) in [7, 11) is 0.829. The van der Waals surface area contributed by atoms with Crippen molar-refractivity contribution in [2.24, 2.45) is 11.8 Å². The van der Waals surface area contributed by atoms with Crippen LogP contribution in [0.5, 0.6) is 0 Å². The van der Waals surface area contributed by atoms with Crippen LogP contribution in [0.15, 0.2) is 78.1 Å². The molecule has 3 aliphatic carbocycles. The van der Waals surface area contributed by atoms with Gasteiger partial charge in [-0.3, -0.25) is 0 Å². The molecule has 1 saturated carbocycles. The van der Waals surface area contributed by atoms with E-state index in [0.717, 1.165) is 27.7 Å². The molecule has 148 valence electrons. The van der Waals surface area contributed by atoms with Gasteiger partial charge < -0.3 is 9.41 Å². The van der Waals surface area contributed by atoms with Crippen molar-refractivity contribution < 1.29 is 32.6 Å². The molecule has 0 saturated heterocycles. The average molecular weight is 486 g/mol. The summed E-state index contributed by atoms with van der Waals surface area (Å²) < 4.78 is 1.76. The molecule has 2 aromatic rings. The molecule has 4 heteroatoms. The molecule has 0 amide bonds. The third kappa shape index (κ3) is 4.47. The van der Waals surface area contributed by atoms with Gasteiger partial charge in [-0.05, 0) is 0 Å². The van der Waals surface area contributed by atoms with Crippen molar-refractivity contribution in [1.82, 2.24) is 0 Å². The van der Waals surface area contributed by atoms with Crippen molar-refractivity contribution in [3.8, 4) is 0 Å². The molecule has 5 unspecified atom stereocenters. The van der Waals surface area contributed by atoms with E-state index in [-0.39, 0.29) is 9.41 Å². The zero-order valence-corrected chi connectivity index (χ0v) is 19.9. The Kier molecular flexibility index (Phi) is 7.58. The van der Waals surface area contributed by atoms with E-state index in [1.807, 2.05) is 0 Å². The van der Waals surface area contributed by atoms with Crippen LogP contribution in [0.3, 0.4) is 0 Å². The summed E-state index contributed by atoms with van der Waals surface area (Å²) >= 11 is -0.577.